The summed E-state index contributed by atoms with van der Waals surface area (Å²) >= 11 is 6.53. The van der Waals surface area contributed by atoms with E-state index in [-0.39, 0.29) is 11.6 Å². The fraction of sp³-hybridized carbons (Fsp3) is 0.308. The number of halogens is 1. The zero-order valence-corrected chi connectivity index (χ0v) is 22.9. The molecule has 0 aliphatic heterocycles. The summed E-state index contributed by atoms with van der Waals surface area (Å²) in [5.41, 5.74) is 3.04. The Labute approximate surface area is 225 Å². The largest absolute Gasteiger partial charge is 0.497 e. The summed E-state index contributed by atoms with van der Waals surface area (Å²) in [7, 11) is 10.8. The van der Waals surface area contributed by atoms with E-state index in [4.69, 9.17) is 21.1 Å². The molecule has 2 aromatic heterocycles. The summed E-state index contributed by atoms with van der Waals surface area (Å²) in [6.07, 6.45) is 3.44. The molecule has 2 aromatic carbocycles. The van der Waals surface area contributed by atoms with Crippen LogP contribution in [0.2, 0.25) is 5.02 Å². The van der Waals surface area contributed by atoms with Gasteiger partial charge in [0.25, 0.3) is 5.69 Å². The standard InChI is InChI=1S/C26H30ClN7O4/c1-31(2)9-10-32(3)22-13-24(38-6)20(12-23(22)34(35)36)29-26-28-14-19(27)25(30-26)18-15-33(4)21-11-16(37-5)7-8-17(18)21/h7-8,11-15H,9-10H2,1-6H3,(H,28,29,30). The van der Waals surface area contributed by atoms with Gasteiger partial charge in [0.1, 0.15) is 17.2 Å². The number of anilines is 3. The van der Waals surface area contributed by atoms with Crippen LogP contribution in [0, 0.1) is 10.1 Å². The van der Waals surface area contributed by atoms with E-state index >= 15 is 0 Å². The average Bonchev–Trinajstić information content (AvgIpc) is 3.23. The zero-order chi connectivity index (χ0) is 27.6. The Morgan fingerprint density at radius 3 is 2.55 bits per heavy atom. The van der Waals surface area contributed by atoms with Crippen LogP contribution < -0.4 is 19.7 Å². The molecular formula is C26H30ClN7O4. The molecule has 11 nitrogen and oxygen atoms in total. The maximum atomic E-state index is 12.0. The molecule has 0 unspecified atom stereocenters. The molecule has 0 aliphatic rings. The number of fused-ring (bicyclic) bond motifs is 1. The molecule has 0 atom stereocenters. The Morgan fingerprint density at radius 1 is 1.13 bits per heavy atom. The highest BCUT2D eigenvalue weighted by Crippen LogP contribution is 2.40. The normalized spacial score (nSPS) is 11.2. The number of aryl methyl sites for hydroxylation is 1. The van der Waals surface area contributed by atoms with Crippen molar-refractivity contribution < 1.29 is 14.4 Å². The summed E-state index contributed by atoms with van der Waals surface area (Å²) in [6.45, 7) is 1.34. The van der Waals surface area contributed by atoms with Crippen LogP contribution in [-0.4, -0.2) is 72.8 Å². The first-order valence-electron chi connectivity index (χ1n) is 11.8. The van der Waals surface area contributed by atoms with E-state index in [1.807, 2.05) is 67.0 Å². The van der Waals surface area contributed by atoms with E-state index in [9.17, 15) is 10.1 Å². The molecule has 12 heteroatoms. The SMILES string of the molecule is COc1ccc2c(-c3nc(Nc4cc([N+](=O)[O-])c(N(C)CCN(C)C)cc4OC)ncc3Cl)cn(C)c2c1. The van der Waals surface area contributed by atoms with Crippen LogP contribution in [-0.2, 0) is 7.05 Å². The van der Waals surface area contributed by atoms with Crippen LogP contribution in [0.1, 0.15) is 0 Å². The molecule has 0 bridgehead atoms. The fourth-order valence-electron chi connectivity index (χ4n) is 4.16. The average molecular weight is 540 g/mol. The van der Waals surface area contributed by atoms with Gasteiger partial charge in [-0.1, -0.05) is 11.6 Å². The van der Waals surface area contributed by atoms with Crippen LogP contribution in [0.3, 0.4) is 0 Å². The highest BCUT2D eigenvalue weighted by molar-refractivity contribution is 6.33. The van der Waals surface area contributed by atoms with Gasteiger partial charge >= 0.3 is 0 Å². The van der Waals surface area contributed by atoms with Crippen molar-refractivity contribution in [1.82, 2.24) is 19.4 Å². The first-order chi connectivity index (χ1) is 18.1. The van der Waals surface area contributed by atoms with E-state index in [0.717, 1.165) is 28.8 Å². The van der Waals surface area contributed by atoms with E-state index in [2.05, 4.69) is 15.3 Å². The summed E-state index contributed by atoms with van der Waals surface area (Å²) in [4.78, 5) is 24.4. The van der Waals surface area contributed by atoms with Crippen molar-refractivity contribution in [2.75, 3.05) is 58.7 Å². The molecule has 0 spiro atoms. The first kappa shape index (κ1) is 27.0. The summed E-state index contributed by atoms with van der Waals surface area (Å²) in [5.74, 6) is 1.38. The number of nitro benzene ring substituents is 1. The number of benzene rings is 2. The van der Waals surface area contributed by atoms with Gasteiger partial charge in [-0.2, -0.15) is 0 Å². The third-order valence-electron chi connectivity index (χ3n) is 6.23. The molecule has 0 fully saturated rings. The number of hydrogen-bond acceptors (Lipinski definition) is 9. The second-order valence-corrected chi connectivity index (χ2v) is 9.48. The third-order valence-corrected chi connectivity index (χ3v) is 6.51. The van der Waals surface area contributed by atoms with Crippen LogP contribution in [0.15, 0.2) is 42.7 Å². The van der Waals surface area contributed by atoms with Crippen molar-refractivity contribution in [2.24, 2.45) is 7.05 Å². The second kappa shape index (κ2) is 11.1. The van der Waals surface area contributed by atoms with Gasteiger partial charge in [-0.15, -0.1) is 0 Å². The number of nitrogens with one attached hydrogen (secondary N) is 1. The van der Waals surface area contributed by atoms with Crippen LogP contribution in [0.4, 0.5) is 23.0 Å². The molecule has 0 radical (unpaired) electrons. The van der Waals surface area contributed by atoms with Crippen molar-refractivity contribution in [3.8, 4) is 22.8 Å². The van der Waals surface area contributed by atoms with Gasteiger partial charge in [0.05, 0.1) is 47.3 Å². The number of ether oxygens (including phenoxy) is 2. The number of aromatic nitrogens is 3. The highest BCUT2D eigenvalue weighted by Gasteiger charge is 2.23. The van der Waals surface area contributed by atoms with Crippen molar-refractivity contribution in [2.45, 2.75) is 0 Å². The molecule has 4 aromatic rings. The molecule has 4 rings (SSSR count). The number of hydrogen-bond donors (Lipinski definition) is 1. The Morgan fingerprint density at radius 2 is 1.89 bits per heavy atom. The Hall–Kier alpha value is -4.09. The van der Waals surface area contributed by atoms with Gasteiger partial charge in [-0.05, 0) is 26.2 Å². The Kier molecular flexibility index (Phi) is 7.88. The van der Waals surface area contributed by atoms with E-state index in [1.165, 1.54) is 19.4 Å². The van der Waals surface area contributed by atoms with Crippen LogP contribution in [0.5, 0.6) is 11.5 Å². The molecule has 1 N–H and O–H groups in total. The van der Waals surface area contributed by atoms with E-state index < -0.39 is 4.92 Å². The predicted octanol–water partition coefficient (Wildman–Crippen LogP) is 4.96. The fourth-order valence-corrected chi connectivity index (χ4v) is 4.36. The van der Waals surface area contributed by atoms with Crippen molar-refractivity contribution in [1.29, 1.82) is 0 Å². The van der Waals surface area contributed by atoms with Gasteiger partial charge in [0.15, 0.2) is 0 Å². The minimum absolute atomic E-state index is 0.0632. The molecule has 0 amide bonds. The minimum atomic E-state index is -0.412. The number of nitro groups is 1. The van der Waals surface area contributed by atoms with Crippen LogP contribution >= 0.6 is 11.6 Å². The molecule has 2 heterocycles. The van der Waals surface area contributed by atoms with Crippen molar-refractivity contribution in [3.05, 3.63) is 57.9 Å². The molecule has 200 valence electrons. The Balaban J connectivity index is 1.73. The zero-order valence-electron chi connectivity index (χ0n) is 22.1. The van der Waals surface area contributed by atoms with Crippen LogP contribution in [0.25, 0.3) is 22.2 Å². The monoisotopic (exact) mass is 539 g/mol. The molecule has 0 aliphatic carbocycles. The second-order valence-electron chi connectivity index (χ2n) is 9.08. The van der Waals surface area contributed by atoms with Crippen molar-refractivity contribution in [3.63, 3.8) is 0 Å². The van der Waals surface area contributed by atoms with Gasteiger partial charge in [-0.25, -0.2) is 9.97 Å². The predicted molar refractivity (Wildman–Crippen MR) is 150 cm³/mol. The molecule has 0 saturated carbocycles. The van der Waals surface area contributed by atoms with Crippen molar-refractivity contribution >= 4 is 45.5 Å². The lowest BCUT2D eigenvalue weighted by atomic mass is 10.1. The lowest BCUT2D eigenvalue weighted by molar-refractivity contribution is -0.384. The Bertz CT molecular complexity index is 1490. The summed E-state index contributed by atoms with van der Waals surface area (Å²) in [5, 5.41) is 16.4. The van der Waals surface area contributed by atoms with E-state index in [0.29, 0.717) is 34.4 Å². The van der Waals surface area contributed by atoms with Gasteiger partial charge in [0.2, 0.25) is 5.95 Å². The molecule has 38 heavy (non-hydrogen) atoms. The number of nitrogens with zero attached hydrogens (tertiary/aromatic N) is 6. The third kappa shape index (κ3) is 5.43. The number of likely N-dealkylation sites (N-methyl/N-ethyl adjacent to an activating group) is 2. The molecular weight excluding hydrogens is 510 g/mol. The topological polar surface area (TPSA) is 111 Å². The first-order valence-corrected chi connectivity index (χ1v) is 12.2. The summed E-state index contributed by atoms with van der Waals surface area (Å²) < 4.78 is 12.9. The summed E-state index contributed by atoms with van der Waals surface area (Å²) in [6, 6.07) is 8.84. The van der Waals surface area contributed by atoms with Gasteiger partial charge in [-0.3, -0.25) is 10.1 Å². The smallest absolute Gasteiger partial charge is 0.294 e. The lowest BCUT2D eigenvalue weighted by Gasteiger charge is -2.22. The highest BCUT2D eigenvalue weighted by atomic mass is 35.5. The minimum Gasteiger partial charge on any atom is -0.497 e. The van der Waals surface area contributed by atoms with Gasteiger partial charge in [0, 0.05) is 62.5 Å². The van der Waals surface area contributed by atoms with E-state index in [1.54, 1.807) is 13.2 Å². The number of rotatable bonds is 10. The number of methoxy groups -OCH3 is 2. The quantitative estimate of drug-likeness (QED) is 0.221. The lowest BCUT2D eigenvalue weighted by Crippen LogP contribution is -2.28. The maximum absolute atomic E-state index is 12.0. The van der Waals surface area contributed by atoms with Gasteiger partial charge < -0.3 is 29.2 Å². The molecule has 0 saturated heterocycles. The maximum Gasteiger partial charge on any atom is 0.294 e.